The Morgan fingerprint density at radius 1 is 1.21 bits per heavy atom. The highest BCUT2D eigenvalue weighted by Gasteiger charge is 2.30. The van der Waals surface area contributed by atoms with Crippen LogP contribution in [0, 0.1) is 19.7 Å². The monoisotopic (exact) mass is 286 g/mol. The van der Waals surface area contributed by atoms with Crippen molar-refractivity contribution in [1.82, 2.24) is 4.31 Å². The van der Waals surface area contributed by atoms with Crippen LogP contribution < -0.4 is 5.73 Å². The van der Waals surface area contributed by atoms with Crippen molar-refractivity contribution in [3.8, 4) is 0 Å². The molecule has 4 nitrogen and oxygen atoms in total. The van der Waals surface area contributed by atoms with Crippen LogP contribution in [0.2, 0.25) is 0 Å². The Kier molecular flexibility index (Phi) is 3.94. The molecule has 2 rings (SSSR count). The van der Waals surface area contributed by atoms with Crippen molar-refractivity contribution in [3.05, 3.63) is 29.1 Å². The van der Waals surface area contributed by atoms with E-state index in [0.717, 1.165) is 0 Å². The molecule has 0 aromatic heterocycles. The van der Waals surface area contributed by atoms with Crippen LogP contribution in [0.25, 0.3) is 0 Å². The predicted octanol–water partition coefficient (Wildman–Crippen LogP) is 1.55. The molecule has 1 aliphatic heterocycles. The van der Waals surface area contributed by atoms with E-state index in [9.17, 15) is 12.8 Å². The maximum Gasteiger partial charge on any atom is 0.243 e. The normalized spacial score (nSPS) is 18.7. The Morgan fingerprint density at radius 3 is 2.16 bits per heavy atom. The molecule has 2 N–H and O–H groups in total. The lowest BCUT2D eigenvalue weighted by Gasteiger charge is -2.30. The number of piperidine rings is 1. The maximum absolute atomic E-state index is 13.3. The Morgan fingerprint density at radius 2 is 1.68 bits per heavy atom. The molecule has 0 unspecified atom stereocenters. The number of sulfonamides is 1. The second-order valence-corrected chi connectivity index (χ2v) is 6.99. The van der Waals surface area contributed by atoms with Gasteiger partial charge in [0.1, 0.15) is 5.82 Å². The van der Waals surface area contributed by atoms with Gasteiger partial charge in [-0.15, -0.1) is 0 Å². The van der Waals surface area contributed by atoms with Gasteiger partial charge in [-0.1, -0.05) is 0 Å². The van der Waals surface area contributed by atoms with Crippen molar-refractivity contribution in [2.45, 2.75) is 37.6 Å². The van der Waals surface area contributed by atoms with Gasteiger partial charge in [0.15, 0.2) is 0 Å². The van der Waals surface area contributed by atoms with Gasteiger partial charge in [-0.25, -0.2) is 12.8 Å². The van der Waals surface area contributed by atoms with E-state index < -0.39 is 15.8 Å². The number of nitrogens with zero attached hydrogens (tertiary/aromatic N) is 1. The maximum atomic E-state index is 13.3. The minimum Gasteiger partial charge on any atom is -0.328 e. The summed E-state index contributed by atoms with van der Waals surface area (Å²) in [5.74, 6) is -0.408. The molecule has 1 fully saturated rings. The van der Waals surface area contributed by atoms with Gasteiger partial charge in [0.2, 0.25) is 10.0 Å². The first-order chi connectivity index (χ1) is 8.82. The van der Waals surface area contributed by atoms with Crippen molar-refractivity contribution >= 4 is 10.0 Å². The summed E-state index contributed by atoms with van der Waals surface area (Å²) < 4.78 is 39.9. The third kappa shape index (κ3) is 2.80. The van der Waals surface area contributed by atoms with E-state index >= 15 is 0 Å². The molecule has 106 valence electrons. The van der Waals surface area contributed by atoms with Crippen LogP contribution in [0.5, 0.6) is 0 Å². The second kappa shape index (κ2) is 5.19. The zero-order chi connectivity index (χ0) is 14.2. The smallest absolute Gasteiger partial charge is 0.243 e. The number of hydrogen-bond donors (Lipinski definition) is 1. The van der Waals surface area contributed by atoms with Crippen LogP contribution in [-0.2, 0) is 10.0 Å². The summed E-state index contributed by atoms with van der Waals surface area (Å²) in [7, 11) is -3.55. The molecule has 0 spiro atoms. The number of rotatable bonds is 2. The topological polar surface area (TPSA) is 63.4 Å². The Labute approximate surface area is 113 Å². The number of hydrogen-bond acceptors (Lipinski definition) is 3. The average molecular weight is 286 g/mol. The minimum atomic E-state index is -3.55. The number of nitrogens with two attached hydrogens (primary N) is 1. The summed E-state index contributed by atoms with van der Waals surface area (Å²) in [4.78, 5) is 0.226. The fourth-order valence-corrected chi connectivity index (χ4v) is 4.43. The van der Waals surface area contributed by atoms with Gasteiger partial charge in [-0.2, -0.15) is 4.31 Å². The van der Waals surface area contributed by atoms with Gasteiger partial charge in [0, 0.05) is 19.1 Å². The van der Waals surface area contributed by atoms with Gasteiger partial charge in [-0.3, -0.25) is 0 Å². The van der Waals surface area contributed by atoms with E-state index in [-0.39, 0.29) is 10.9 Å². The molecule has 0 aliphatic carbocycles. The molecule has 0 saturated carbocycles. The van der Waals surface area contributed by atoms with Gasteiger partial charge in [0.25, 0.3) is 0 Å². The molecular weight excluding hydrogens is 267 g/mol. The van der Waals surface area contributed by atoms with Crippen LogP contribution in [0.1, 0.15) is 24.0 Å². The van der Waals surface area contributed by atoms with Crippen molar-refractivity contribution in [2.75, 3.05) is 13.1 Å². The molecule has 1 heterocycles. The SMILES string of the molecule is Cc1cc(F)cc(C)c1S(=O)(=O)N1CCC(N)CC1. The molecule has 1 saturated heterocycles. The minimum absolute atomic E-state index is 0.0712. The van der Waals surface area contributed by atoms with Crippen molar-refractivity contribution in [3.63, 3.8) is 0 Å². The second-order valence-electron chi connectivity index (χ2n) is 5.11. The summed E-state index contributed by atoms with van der Waals surface area (Å²) in [6, 6.07) is 2.59. The molecule has 0 radical (unpaired) electrons. The molecule has 1 aromatic carbocycles. The van der Waals surface area contributed by atoms with E-state index in [1.807, 2.05) is 0 Å². The molecule has 1 aromatic rings. The zero-order valence-electron chi connectivity index (χ0n) is 11.2. The molecule has 1 aliphatic rings. The van der Waals surface area contributed by atoms with Crippen LogP contribution >= 0.6 is 0 Å². The highest BCUT2D eigenvalue weighted by Crippen LogP contribution is 2.26. The highest BCUT2D eigenvalue weighted by atomic mass is 32.2. The van der Waals surface area contributed by atoms with Crippen molar-refractivity contribution < 1.29 is 12.8 Å². The van der Waals surface area contributed by atoms with Crippen LogP contribution in [0.4, 0.5) is 4.39 Å². The summed E-state index contributed by atoms with van der Waals surface area (Å²) >= 11 is 0. The Hall–Kier alpha value is -0.980. The first-order valence-corrected chi connectivity index (χ1v) is 7.79. The summed E-state index contributed by atoms with van der Waals surface area (Å²) in [6.45, 7) is 4.11. The molecule has 6 heteroatoms. The number of aryl methyl sites for hydroxylation is 2. The van der Waals surface area contributed by atoms with Crippen LogP contribution in [-0.4, -0.2) is 31.9 Å². The third-order valence-electron chi connectivity index (χ3n) is 3.52. The Bertz CT molecular complexity index is 555. The standard InChI is InChI=1S/C13H19FN2O2S/c1-9-7-11(14)8-10(2)13(9)19(17,18)16-5-3-12(15)4-6-16/h7-8,12H,3-6,15H2,1-2H3. The molecule has 19 heavy (non-hydrogen) atoms. The molecule has 0 atom stereocenters. The van der Waals surface area contributed by atoms with Gasteiger partial charge >= 0.3 is 0 Å². The number of benzene rings is 1. The van der Waals surface area contributed by atoms with E-state index in [1.54, 1.807) is 13.8 Å². The lowest BCUT2D eigenvalue weighted by molar-refractivity contribution is 0.319. The first kappa shape index (κ1) is 14.4. The van der Waals surface area contributed by atoms with Crippen molar-refractivity contribution in [2.24, 2.45) is 5.73 Å². The fraction of sp³-hybridized carbons (Fsp3) is 0.538. The summed E-state index contributed by atoms with van der Waals surface area (Å²) in [5.41, 5.74) is 6.69. The Balaban J connectivity index is 2.40. The first-order valence-electron chi connectivity index (χ1n) is 6.35. The number of halogens is 1. The highest BCUT2D eigenvalue weighted by molar-refractivity contribution is 7.89. The van der Waals surface area contributed by atoms with E-state index in [0.29, 0.717) is 37.1 Å². The molecule has 0 amide bonds. The quantitative estimate of drug-likeness (QED) is 0.897. The van der Waals surface area contributed by atoms with Crippen molar-refractivity contribution in [1.29, 1.82) is 0 Å². The van der Waals surface area contributed by atoms with Gasteiger partial charge in [0.05, 0.1) is 4.90 Å². The van der Waals surface area contributed by atoms with Crippen LogP contribution in [0.15, 0.2) is 17.0 Å². The predicted molar refractivity (Wildman–Crippen MR) is 71.8 cm³/mol. The van der Waals surface area contributed by atoms with E-state index in [4.69, 9.17) is 5.73 Å². The van der Waals surface area contributed by atoms with E-state index in [2.05, 4.69) is 0 Å². The van der Waals surface area contributed by atoms with Gasteiger partial charge in [-0.05, 0) is 49.9 Å². The summed E-state index contributed by atoms with van der Waals surface area (Å²) in [6.07, 6.45) is 1.33. The van der Waals surface area contributed by atoms with Gasteiger partial charge < -0.3 is 5.73 Å². The average Bonchev–Trinajstić information content (AvgIpc) is 2.27. The lowest BCUT2D eigenvalue weighted by Crippen LogP contribution is -2.43. The van der Waals surface area contributed by atoms with E-state index in [1.165, 1.54) is 16.4 Å². The largest absolute Gasteiger partial charge is 0.328 e. The fourth-order valence-electron chi connectivity index (χ4n) is 2.55. The third-order valence-corrected chi connectivity index (χ3v) is 5.73. The zero-order valence-corrected chi connectivity index (χ0v) is 12.0. The summed E-state index contributed by atoms with van der Waals surface area (Å²) in [5, 5.41) is 0. The molecular formula is C13H19FN2O2S. The lowest BCUT2D eigenvalue weighted by atomic mass is 10.1. The van der Waals surface area contributed by atoms with Crippen LogP contribution in [0.3, 0.4) is 0 Å². The molecule has 0 bridgehead atoms.